The number of aliphatic carboxylic acids is 1. The van der Waals surface area contributed by atoms with E-state index in [1.807, 2.05) is 13.8 Å². The Morgan fingerprint density at radius 2 is 1.68 bits per heavy atom. The standard InChI is InChI=1S/C10H11BF3NO5.C3H8.C2H6/c12-10(13,14)5-1-4(2-7(15)9(17)18)8(16)6(3-5)11(19)20;1-3-2;1-2/h1,3,7,16,19-20H,2,15H2,(H,17,18);3H2,1-2H3;1-2H3. The summed E-state index contributed by atoms with van der Waals surface area (Å²) in [6, 6.07) is -0.646. The average molecular weight is 367 g/mol. The highest BCUT2D eigenvalue weighted by atomic mass is 19.4. The van der Waals surface area contributed by atoms with Gasteiger partial charge in [0.2, 0.25) is 0 Å². The van der Waals surface area contributed by atoms with Gasteiger partial charge in [-0.25, -0.2) is 0 Å². The third kappa shape index (κ3) is 8.75. The van der Waals surface area contributed by atoms with Crippen molar-refractivity contribution in [3.8, 4) is 5.75 Å². The summed E-state index contributed by atoms with van der Waals surface area (Å²) in [7, 11) is -2.34. The predicted molar refractivity (Wildman–Crippen MR) is 89.6 cm³/mol. The van der Waals surface area contributed by atoms with E-state index in [1.54, 1.807) is 0 Å². The summed E-state index contributed by atoms with van der Waals surface area (Å²) >= 11 is 0. The highest BCUT2D eigenvalue weighted by Gasteiger charge is 2.34. The first kappa shape index (κ1) is 25.5. The minimum absolute atomic E-state index is 0.371. The second-order valence-corrected chi connectivity index (χ2v) is 4.80. The number of nitrogens with two attached hydrogens (primary N) is 1. The fourth-order valence-electron chi connectivity index (χ4n) is 1.56. The quantitative estimate of drug-likeness (QED) is 0.514. The maximum absolute atomic E-state index is 12.6. The zero-order valence-electron chi connectivity index (χ0n) is 14.6. The molecule has 0 spiro atoms. The van der Waals surface area contributed by atoms with E-state index >= 15 is 0 Å². The molecule has 0 fully saturated rings. The van der Waals surface area contributed by atoms with E-state index in [9.17, 15) is 23.1 Å². The van der Waals surface area contributed by atoms with Crippen molar-refractivity contribution in [1.29, 1.82) is 0 Å². The summed E-state index contributed by atoms with van der Waals surface area (Å²) in [6.45, 7) is 8.25. The number of hydrogen-bond donors (Lipinski definition) is 5. The molecule has 1 aromatic rings. The van der Waals surface area contributed by atoms with Gasteiger partial charge < -0.3 is 26.0 Å². The number of phenolic OH excluding ortho intramolecular Hbond substituents is 1. The van der Waals surface area contributed by atoms with Crippen LogP contribution in [0.3, 0.4) is 0 Å². The molecule has 0 radical (unpaired) electrons. The van der Waals surface area contributed by atoms with Gasteiger partial charge in [-0.15, -0.1) is 0 Å². The van der Waals surface area contributed by atoms with Gasteiger partial charge in [0.1, 0.15) is 11.8 Å². The van der Waals surface area contributed by atoms with Crippen molar-refractivity contribution in [1.82, 2.24) is 0 Å². The van der Waals surface area contributed by atoms with E-state index in [0.717, 1.165) is 0 Å². The molecule has 0 aliphatic carbocycles. The Morgan fingerprint density at radius 3 is 2.00 bits per heavy atom. The molecule has 144 valence electrons. The van der Waals surface area contributed by atoms with E-state index < -0.39 is 54.1 Å². The summed E-state index contributed by atoms with van der Waals surface area (Å²) in [5.74, 6) is -2.29. The monoisotopic (exact) mass is 367 g/mol. The van der Waals surface area contributed by atoms with Crippen LogP contribution < -0.4 is 11.2 Å². The molecule has 0 amide bonds. The van der Waals surface area contributed by atoms with Gasteiger partial charge in [-0.1, -0.05) is 34.1 Å². The second-order valence-electron chi connectivity index (χ2n) is 4.80. The van der Waals surface area contributed by atoms with Crippen LogP contribution in [0.2, 0.25) is 0 Å². The number of halogens is 3. The molecule has 0 bridgehead atoms. The van der Waals surface area contributed by atoms with Crippen LogP contribution in [0.5, 0.6) is 5.75 Å². The molecular weight excluding hydrogens is 342 g/mol. The van der Waals surface area contributed by atoms with Crippen molar-refractivity contribution in [3.05, 3.63) is 23.3 Å². The Hall–Kier alpha value is -1.78. The number of rotatable bonds is 4. The minimum Gasteiger partial charge on any atom is -0.508 e. The molecule has 25 heavy (non-hydrogen) atoms. The molecule has 1 aromatic carbocycles. The van der Waals surface area contributed by atoms with Gasteiger partial charge in [-0.05, 0) is 17.7 Å². The number of benzene rings is 1. The Balaban J connectivity index is 0. The first-order valence-electron chi connectivity index (χ1n) is 7.73. The van der Waals surface area contributed by atoms with E-state index in [1.165, 1.54) is 6.42 Å². The third-order valence-electron chi connectivity index (χ3n) is 2.58. The van der Waals surface area contributed by atoms with Crippen LogP contribution in [0.15, 0.2) is 12.1 Å². The van der Waals surface area contributed by atoms with Crippen molar-refractivity contribution in [2.45, 2.75) is 52.8 Å². The third-order valence-corrected chi connectivity index (χ3v) is 2.58. The second kappa shape index (κ2) is 11.7. The SMILES string of the molecule is CC.CCC.NC(Cc1cc(C(F)(F)F)cc(B(O)O)c1O)C(=O)O. The maximum Gasteiger partial charge on any atom is 0.492 e. The molecule has 6 N–H and O–H groups in total. The highest BCUT2D eigenvalue weighted by Crippen LogP contribution is 2.31. The van der Waals surface area contributed by atoms with Gasteiger partial charge in [0.25, 0.3) is 0 Å². The van der Waals surface area contributed by atoms with Crippen molar-refractivity contribution in [2.75, 3.05) is 0 Å². The van der Waals surface area contributed by atoms with E-state index in [4.69, 9.17) is 20.9 Å². The number of alkyl halides is 3. The molecule has 0 aliphatic rings. The summed E-state index contributed by atoms with van der Waals surface area (Å²) in [6.07, 6.45) is -4.13. The lowest BCUT2D eigenvalue weighted by Gasteiger charge is -2.15. The van der Waals surface area contributed by atoms with Gasteiger partial charge >= 0.3 is 19.3 Å². The van der Waals surface area contributed by atoms with Crippen LogP contribution in [0.25, 0.3) is 0 Å². The zero-order valence-corrected chi connectivity index (χ0v) is 14.6. The van der Waals surface area contributed by atoms with Crippen LogP contribution in [0.1, 0.15) is 45.2 Å². The Bertz CT molecular complexity index is 539. The number of carbonyl (C=O) groups is 1. The molecule has 1 unspecified atom stereocenters. The largest absolute Gasteiger partial charge is 0.508 e. The summed E-state index contributed by atoms with van der Waals surface area (Å²) < 4.78 is 37.9. The first-order valence-corrected chi connectivity index (χ1v) is 7.73. The van der Waals surface area contributed by atoms with Gasteiger partial charge in [0.15, 0.2) is 0 Å². The molecule has 6 nitrogen and oxygen atoms in total. The fraction of sp³-hybridized carbons (Fsp3) is 0.533. The summed E-state index contributed by atoms with van der Waals surface area (Å²) in [5, 5.41) is 36.1. The van der Waals surface area contributed by atoms with E-state index in [2.05, 4.69) is 13.8 Å². The van der Waals surface area contributed by atoms with Crippen LogP contribution in [-0.2, 0) is 17.4 Å². The zero-order chi connectivity index (χ0) is 20.4. The van der Waals surface area contributed by atoms with Crippen molar-refractivity contribution >= 4 is 18.6 Å². The highest BCUT2D eigenvalue weighted by molar-refractivity contribution is 6.59. The Labute approximate surface area is 145 Å². The van der Waals surface area contributed by atoms with Crippen LogP contribution in [0.4, 0.5) is 13.2 Å². The molecule has 1 rings (SSSR count). The minimum atomic E-state index is -4.79. The van der Waals surface area contributed by atoms with Gasteiger partial charge in [0.05, 0.1) is 5.56 Å². The topological polar surface area (TPSA) is 124 Å². The normalized spacial score (nSPS) is 11.4. The molecule has 1 atom stereocenters. The maximum atomic E-state index is 12.6. The van der Waals surface area contributed by atoms with Crippen LogP contribution >= 0.6 is 0 Å². The molecule has 0 aliphatic heterocycles. The lowest BCUT2D eigenvalue weighted by atomic mass is 9.77. The number of phenols is 1. The molecular formula is C15H25BF3NO5. The van der Waals surface area contributed by atoms with Crippen molar-refractivity contribution in [2.24, 2.45) is 5.73 Å². The lowest BCUT2D eigenvalue weighted by Crippen LogP contribution is -2.35. The lowest BCUT2D eigenvalue weighted by molar-refractivity contribution is -0.138. The number of aromatic hydroxyl groups is 1. The average Bonchev–Trinajstić information content (AvgIpc) is 2.50. The fourth-order valence-corrected chi connectivity index (χ4v) is 1.56. The summed E-state index contributed by atoms with van der Waals surface area (Å²) in [4.78, 5) is 10.6. The van der Waals surface area contributed by atoms with Gasteiger partial charge in [-0.2, -0.15) is 13.2 Å². The van der Waals surface area contributed by atoms with Crippen LogP contribution in [0, 0.1) is 0 Å². The van der Waals surface area contributed by atoms with Crippen LogP contribution in [-0.4, -0.2) is 39.4 Å². The smallest absolute Gasteiger partial charge is 0.492 e. The van der Waals surface area contributed by atoms with E-state index in [-0.39, 0.29) is 0 Å². The Morgan fingerprint density at radius 1 is 1.24 bits per heavy atom. The number of carboxylic acid groups (broad SMARTS) is 1. The summed E-state index contributed by atoms with van der Waals surface area (Å²) in [5.41, 5.74) is 2.74. The van der Waals surface area contributed by atoms with Crippen molar-refractivity contribution < 1.29 is 38.2 Å². The molecule has 0 aromatic heterocycles. The Kier molecular flexibility index (Phi) is 11.9. The van der Waals surface area contributed by atoms with Gasteiger partial charge in [-0.3, -0.25) is 4.79 Å². The first-order chi connectivity index (χ1) is 11.4. The molecule has 0 heterocycles. The van der Waals surface area contributed by atoms with Crippen molar-refractivity contribution in [3.63, 3.8) is 0 Å². The van der Waals surface area contributed by atoms with Gasteiger partial charge in [0, 0.05) is 11.9 Å². The predicted octanol–water partition coefficient (Wildman–Crippen LogP) is 1.49. The number of carboxylic acids is 1. The van der Waals surface area contributed by atoms with E-state index in [0.29, 0.717) is 12.1 Å². The molecule has 10 heteroatoms. The molecule has 0 saturated carbocycles. The molecule has 0 saturated heterocycles. The number of hydrogen-bond acceptors (Lipinski definition) is 5.